The van der Waals surface area contributed by atoms with Gasteiger partial charge in [0.05, 0.1) is 5.71 Å². The monoisotopic (exact) mass is 558 g/mol. The summed E-state index contributed by atoms with van der Waals surface area (Å²) < 4.78 is 6.52. The summed E-state index contributed by atoms with van der Waals surface area (Å²) in [6.45, 7) is 5.41. The maximum Gasteiger partial charge on any atom is 0.319 e. The van der Waals surface area contributed by atoms with Crippen molar-refractivity contribution in [2.45, 2.75) is 32.8 Å². The van der Waals surface area contributed by atoms with Gasteiger partial charge < -0.3 is 4.74 Å². The molecule has 0 saturated carbocycles. The minimum absolute atomic E-state index is 0.117. The fourth-order valence-electron chi connectivity index (χ4n) is 5.65. The lowest BCUT2D eigenvalue weighted by Crippen LogP contribution is -2.44. The van der Waals surface area contributed by atoms with Gasteiger partial charge in [0, 0.05) is 33.0 Å². The topological polar surface area (TPSA) is 84.8 Å². The Kier molecular flexibility index (Phi) is 6.58. The van der Waals surface area contributed by atoms with Gasteiger partial charge in [0.1, 0.15) is 11.5 Å². The molecule has 0 aromatic heterocycles. The number of ether oxygens (including phenoxy) is 1. The number of amides is 1. The summed E-state index contributed by atoms with van der Waals surface area (Å²) in [5.41, 5.74) is 6.71. The van der Waals surface area contributed by atoms with Crippen molar-refractivity contribution in [3.05, 3.63) is 94.0 Å². The molecule has 0 bridgehead atoms. The number of rotatable bonds is 6. The highest BCUT2D eigenvalue weighted by atomic mass is 79.9. The van der Waals surface area contributed by atoms with E-state index in [4.69, 9.17) is 4.74 Å². The van der Waals surface area contributed by atoms with Crippen molar-refractivity contribution in [3.8, 4) is 11.1 Å². The van der Waals surface area contributed by atoms with E-state index in [0.29, 0.717) is 17.7 Å². The zero-order chi connectivity index (χ0) is 26.3. The van der Waals surface area contributed by atoms with Gasteiger partial charge in [-0.1, -0.05) is 83.5 Å². The summed E-state index contributed by atoms with van der Waals surface area (Å²) in [5.74, 6) is -3.72. The van der Waals surface area contributed by atoms with Gasteiger partial charge in [-0.15, -0.1) is 0 Å². The van der Waals surface area contributed by atoms with Gasteiger partial charge in [-0.2, -0.15) is 5.10 Å². The van der Waals surface area contributed by atoms with E-state index in [0.717, 1.165) is 26.7 Å². The molecule has 1 heterocycles. The number of hydrazone groups is 1. The molecular weight excluding hydrogens is 532 g/mol. The number of carbonyl (C=O) groups is 3. The van der Waals surface area contributed by atoms with Crippen molar-refractivity contribution in [3.63, 3.8) is 0 Å². The maximum atomic E-state index is 13.5. The number of nitrogens with one attached hydrogen (secondary N) is 1. The van der Waals surface area contributed by atoms with Crippen molar-refractivity contribution in [1.82, 2.24) is 5.43 Å². The van der Waals surface area contributed by atoms with Gasteiger partial charge in [-0.3, -0.25) is 14.4 Å². The number of ketones is 1. The van der Waals surface area contributed by atoms with E-state index in [1.54, 1.807) is 38.1 Å². The van der Waals surface area contributed by atoms with Crippen LogP contribution in [0.3, 0.4) is 0 Å². The molecule has 37 heavy (non-hydrogen) atoms. The fourth-order valence-corrected chi connectivity index (χ4v) is 5.92. The highest BCUT2D eigenvalue weighted by Crippen LogP contribution is 2.44. The second-order valence-electron chi connectivity index (χ2n) is 9.94. The van der Waals surface area contributed by atoms with Gasteiger partial charge in [0.25, 0.3) is 5.91 Å². The smallest absolute Gasteiger partial charge is 0.319 e. The molecule has 3 aromatic rings. The maximum absolute atomic E-state index is 13.5. The number of benzene rings is 3. The number of carbonyl (C=O) groups excluding carboxylic acids is 3. The minimum Gasteiger partial charge on any atom is -0.459 e. The Hall–Kier alpha value is -3.58. The summed E-state index contributed by atoms with van der Waals surface area (Å²) in [7, 11) is 0. The zero-order valence-electron chi connectivity index (χ0n) is 20.8. The number of Topliss-reactive ketones (excluding diaryl/α,β-unsaturated/α-hetero) is 1. The van der Waals surface area contributed by atoms with Crippen LogP contribution in [0.4, 0.5) is 0 Å². The van der Waals surface area contributed by atoms with Crippen molar-refractivity contribution in [2.24, 2.45) is 22.9 Å². The first-order valence-corrected chi connectivity index (χ1v) is 13.1. The number of halogens is 1. The number of nitrogens with zero attached hydrogens (tertiary/aromatic N) is 1. The molecule has 1 aliphatic heterocycles. The van der Waals surface area contributed by atoms with Crippen LogP contribution in [0.1, 0.15) is 48.7 Å². The molecule has 1 N–H and O–H groups in total. The van der Waals surface area contributed by atoms with Crippen LogP contribution < -0.4 is 5.43 Å². The number of hydrogen-bond acceptors (Lipinski definition) is 5. The Morgan fingerprint density at radius 3 is 2.03 bits per heavy atom. The molecule has 1 aliphatic carbocycles. The third kappa shape index (κ3) is 4.42. The van der Waals surface area contributed by atoms with Gasteiger partial charge in [-0.25, -0.2) is 5.43 Å². The Bertz CT molecular complexity index is 1380. The lowest BCUT2D eigenvalue weighted by Gasteiger charge is -2.32. The number of esters is 1. The molecule has 188 valence electrons. The summed E-state index contributed by atoms with van der Waals surface area (Å²) in [6.07, 6.45) is 0.457. The standard InChI is InChI=1S/C30H27BrN2O4/c1-4-19(27(34)17-13-15-18(31)16-14-17)25-24(29(36)37-30(25,2)3)28(35)33-32-26-22-11-7-5-9-20(22)21-10-6-8-12-23(21)26/h5-16,19,24-25H,4H2,1-3H3,(H,33,35)/t19-,24-,25-/m1/s1. The second kappa shape index (κ2) is 9.71. The molecule has 1 saturated heterocycles. The lowest BCUT2D eigenvalue weighted by atomic mass is 9.70. The Balaban J connectivity index is 1.46. The highest BCUT2D eigenvalue weighted by molar-refractivity contribution is 9.10. The number of cyclic esters (lactones) is 1. The van der Waals surface area contributed by atoms with E-state index in [9.17, 15) is 14.4 Å². The number of hydrogen-bond donors (Lipinski definition) is 1. The van der Waals surface area contributed by atoms with Crippen molar-refractivity contribution in [2.75, 3.05) is 0 Å². The first-order chi connectivity index (χ1) is 17.7. The molecule has 3 atom stereocenters. The molecule has 0 unspecified atom stereocenters. The molecule has 2 aliphatic rings. The van der Waals surface area contributed by atoms with Crippen molar-refractivity contribution >= 4 is 39.3 Å². The van der Waals surface area contributed by atoms with Gasteiger partial charge >= 0.3 is 5.97 Å². The lowest BCUT2D eigenvalue weighted by molar-refractivity contribution is -0.150. The molecule has 0 radical (unpaired) electrons. The summed E-state index contributed by atoms with van der Waals surface area (Å²) in [5, 5.41) is 4.48. The molecule has 0 spiro atoms. The fraction of sp³-hybridized carbons (Fsp3) is 0.267. The van der Waals surface area contributed by atoms with Crippen LogP contribution in [0.15, 0.2) is 82.4 Å². The third-order valence-electron chi connectivity index (χ3n) is 7.33. The predicted octanol–water partition coefficient (Wildman–Crippen LogP) is 5.78. The SMILES string of the molecule is CC[C@@H](C(=O)c1ccc(Br)cc1)[C@@H]1[C@H](C(=O)NN=C2c3ccccc3-c3ccccc32)C(=O)OC1(C)C. The van der Waals surface area contributed by atoms with Crippen molar-refractivity contribution < 1.29 is 19.1 Å². The molecular formula is C30H27BrN2O4. The highest BCUT2D eigenvalue weighted by Gasteiger charge is 2.57. The summed E-state index contributed by atoms with van der Waals surface area (Å²) >= 11 is 3.39. The molecule has 1 fully saturated rings. The summed E-state index contributed by atoms with van der Waals surface area (Å²) in [4.78, 5) is 40.1. The first kappa shape index (κ1) is 25.1. The van der Waals surface area contributed by atoms with Crippen LogP contribution in [0.2, 0.25) is 0 Å². The molecule has 3 aromatic carbocycles. The van der Waals surface area contributed by atoms with E-state index in [1.165, 1.54) is 0 Å². The summed E-state index contributed by atoms with van der Waals surface area (Å²) in [6, 6.07) is 22.8. The van der Waals surface area contributed by atoms with Crippen LogP contribution in [-0.4, -0.2) is 29.0 Å². The third-order valence-corrected chi connectivity index (χ3v) is 7.86. The van der Waals surface area contributed by atoms with Gasteiger partial charge in [0.15, 0.2) is 5.78 Å². The molecule has 7 heteroatoms. The Morgan fingerprint density at radius 1 is 0.946 bits per heavy atom. The van der Waals surface area contributed by atoms with E-state index in [1.807, 2.05) is 55.5 Å². The largest absolute Gasteiger partial charge is 0.459 e. The predicted molar refractivity (Wildman–Crippen MR) is 145 cm³/mol. The first-order valence-electron chi connectivity index (χ1n) is 12.3. The zero-order valence-corrected chi connectivity index (χ0v) is 22.4. The van der Waals surface area contributed by atoms with Crippen LogP contribution >= 0.6 is 15.9 Å². The van der Waals surface area contributed by atoms with Crippen molar-refractivity contribution in [1.29, 1.82) is 0 Å². The van der Waals surface area contributed by atoms with E-state index in [-0.39, 0.29) is 5.78 Å². The van der Waals surface area contributed by atoms with E-state index in [2.05, 4.69) is 26.5 Å². The normalized spacial score (nSPS) is 20.0. The van der Waals surface area contributed by atoms with Crippen LogP contribution in [0.25, 0.3) is 11.1 Å². The molecule has 6 nitrogen and oxygen atoms in total. The Labute approximate surface area is 224 Å². The Morgan fingerprint density at radius 2 is 1.49 bits per heavy atom. The van der Waals surface area contributed by atoms with E-state index >= 15 is 0 Å². The van der Waals surface area contributed by atoms with E-state index < -0.39 is 35.2 Å². The van der Waals surface area contributed by atoms with Crippen LogP contribution in [0, 0.1) is 17.8 Å². The quantitative estimate of drug-likeness (QED) is 0.141. The minimum atomic E-state index is -1.16. The molecule has 5 rings (SSSR count). The van der Waals surface area contributed by atoms with Crippen LogP contribution in [0.5, 0.6) is 0 Å². The molecule has 1 amide bonds. The van der Waals surface area contributed by atoms with Gasteiger partial charge in [0.2, 0.25) is 0 Å². The number of fused-ring (bicyclic) bond motifs is 3. The average Bonchev–Trinajstić information content (AvgIpc) is 3.33. The second-order valence-corrected chi connectivity index (χ2v) is 10.9. The average molecular weight is 559 g/mol. The van der Waals surface area contributed by atoms with Crippen LogP contribution in [-0.2, 0) is 14.3 Å². The van der Waals surface area contributed by atoms with Gasteiger partial charge in [-0.05, 0) is 43.5 Å².